The van der Waals surface area contributed by atoms with Gasteiger partial charge in [-0.25, -0.2) is 4.98 Å². The smallest absolute Gasteiger partial charge is 0.274 e. The van der Waals surface area contributed by atoms with E-state index in [2.05, 4.69) is 20.4 Å². The van der Waals surface area contributed by atoms with Gasteiger partial charge in [-0.3, -0.25) is 14.7 Å². The van der Waals surface area contributed by atoms with Crippen molar-refractivity contribution in [3.8, 4) is 11.4 Å². The van der Waals surface area contributed by atoms with Gasteiger partial charge < -0.3 is 15.2 Å². The lowest BCUT2D eigenvalue weighted by atomic mass is 9.82. The molecule has 186 valence electrons. The minimum atomic E-state index is -0.975. The molecule has 9 heteroatoms. The molecule has 0 saturated heterocycles. The lowest BCUT2D eigenvalue weighted by molar-refractivity contribution is -0.156. The Kier molecular flexibility index (Phi) is 6.71. The quantitative estimate of drug-likeness (QED) is 0.479. The van der Waals surface area contributed by atoms with Crippen LogP contribution in [-0.4, -0.2) is 48.3 Å². The second kappa shape index (κ2) is 9.91. The van der Waals surface area contributed by atoms with Crippen LogP contribution >= 0.6 is 0 Å². The maximum Gasteiger partial charge on any atom is 0.274 e. The highest BCUT2D eigenvalue weighted by molar-refractivity contribution is 5.85. The number of hydrogen-bond donors (Lipinski definition) is 3. The van der Waals surface area contributed by atoms with Gasteiger partial charge in [0.2, 0.25) is 0 Å². The fraction of sp³-hybridized carbons (Fsp3) is 0.538. The molecule has 0 atom stereocenters. The van der Waals surface area contributed by atoms with Gasteiger partial charge in [0, 0.05) is 18.2 Å². The summed E-state index contributed by atoms with van der Waals surface area (Å²) in [4.78, 5) is 35.0. The fourth-order valence-corrected chi connectivity index (χ4v) is 5.29. The van der Waals surface area contributed by atoms with Gasteiger partial charge in [0.1, 0.15) is 5.60 Å². The van der Waals surface area contributed by atoms with Crippen LogP contribution in [0.4, 0.5) is 0 Å². The van der Waals surface area contributed by atoms with Gasteiger partial charge >= 0.3 is 0 Å². The second-order valence-corrected chi connectivity index (χ2v) is 9.97. The summed E-state index contributed by atoms with van der Waals surface area (Å²) in [5.41, 5.74) is -0.805. The number of nitrogens with zero attached hydrogens (tertiary/aromatic N) is 3. The van der Waals surface area contributed by atoms with Crippen LogP contribution in [0, 0.1) is 0 Å². The Labute approximate surface area is 203 Å². The number of fused-ring (bicyclic) bond motifs is 1. The minimum Gasteiger partial charge on any atom is -0.388 e. The maximum atomic E-state index is 13.3. The Bertz CT molecular complexity index is 1220. The minimum absolute atomic E-state index is 0.0386. The van der Waals surface area contributed by atoms with E-state index in [1.165, 1.54) is 10.6 Å². The molecular formula is C26H33N5O4. The molecule has 1 aromatic carbocycles. The van der Waals surface area contributed by atoms with Crippen LogP contribution in [0.15, 0.2) is 41.2 Å². The first kappa shape index (κ1) is 23.7. The number of aromatic nitrogens is 4. The summed E-state index contributed by atoms with van der Waals surface area (Å²) in [6.07, 6.45) is 8.59. The Morgan fingerprint density at radius 3 is 2.43 bits per heavy atom. The van der Waals surface area contributed by atoms with E-state index in [-0.39, 0.29) is 30.4 Å². The molecule has 2 aliphatic carbocycles. The Morgan fingerprint density at radius 2 is 1.71 bits per heavy atom. The summed E-state index contributed by atoms with van der Waals surface area (Å²) in [5.74, 6) is 0.633. The normalized spacial score (nSPS) is 19.5. The highest BCUT2D eigenvalue weighted by atomic mass is 16.5. The highest BCUT2D eigenvalue weighted by Gasteiger charge is 2.42. The molecule has 2 heterocycles. The third kappa shape index (κ3) is 5.16. The number of aromatic amines is 1. The molecule has 5 rings (SSSR count). The van der Waals surface area contributed by atoms with Crippen molar-refractivity contribution < 1.29 is 14.6 Å². The standard InChI is InChI=1S/C26H33N5O4/c32-21-16-20(28-24-29-22(30-31(21)24)19-10-4-1-5-11-19)17-35-26(14-8-3-9-15-26)23(33)27-18-25(34)12-6-2-7-13-25/h1,4-5,10-11,16,34H,2-3,6-9,12-15,17-18H2,(H,27,33)(H,28,29,30). The van der Waals surface area contributed by atoms with Crippen molar-refractivity contribution in [2.24, 2.45) is 0 Å². The molecule has 2 aromatic heterocycles. The fourth-order valence-electron chi connectivity index (χ4n) is 5.29. The molecule has 3 N–H and O–H groups in total. The first-order valence-corrected chi connectivity index (χ1v) is 12.7. The molecule has 35 heavy (non-hydrogen) atoms. The predicted molar refractivity (Wildman–Crippen MR) is 131 cm³/mol. The van der Waals surface area contributed by atoms with Crippen molar-refractivity contribution in [1.29, 1.82) is 0 Å². The van der Waals surface area contributed by atoms with E-state index in [0.717, 1.165) is 44.1 Å². The number of ether oxygens (including phenoxy) is 1. The number of hydrogen-bond acceptors (Lipinski definition) is 6. The molecule has 2 saturated carbocycles. The third-order valence-corrected chi connectivity index (χ3v) is 7.36. The Balaban J connectivity index is 1.32. The van der Waals surface area contributed by atoms with Gasteiger partial charge in [0.15, 0.2) is 5.82 Å². The average molecular weight is 480 g/mol. The number of carbonyl (C=O) groups is 1. The van der Waals surface area contributed by atoms with Crippen LogP contribution in [0.3, 0.4) is 0 Å². The van der Waals surface area contributed by atoms with Crippen molar-refractivity contribution >= 4 is 11.7 Å². The SMILES string of the molecule is O=C(NCC1(O)CCCCC1)C1(OCc2cc(=O)n3[nH]c(-c4ccccc4)nc3n2)CCCCC1. The maximum absolute atomic E-state index is 13.3. The molecule has 0 bridgehead atoms. The van der Waals surface area contributed by atoms with Crippen LogP contribution in [0.1, 0.15) is 69.9 Å². The zero-order valence-electron chi connectivity index (χ0n) is 20.0. The lowest BCUT2D eigenvalue weighted by Crippen LogP contribution is -2.54. The van der Waals surface area contributed by atoms with Crippen LogP contribution in [0.2, 0.25) is 0 Å². The van der Waals surface area contributed by atoms with Gasteiger partial charge in [-0.15, -0.1) is 0 Å². The van der Waals surface area contributed by atoms with E-state index in [1.54, 1.807) is 0 Å². The molecule has 2 fully saturated rings. The van der Waals surface area contributed by atoms with Gasteiger partial charge in [-0.1, -0.05) is 68.9 Å². The summed E-state index contributed by atoms with van der Waals surface area (Å²) in [5, 5.41) is 16.8. The molecule has 1 amide bonds. The van der Waals surface area contributed by atoms with E-state index in [1.807, 2.05) is 30.3 Å². The largest absolute Gasteiger partial charge is 0.388 e. The Morgan fingerprint density at radius 1 is 1.03 bits per heavy atom. The van der Waals surface area contributed by atoms with Crippen molar-refractivity contribution in [3.63, 3.8) is 0 Å². The molecular weight excluding hydrogens is 446 g/mol. The predicted octanol–water partition coefficient (Wildman–Crippen LogP) is 3.12. The van der Waals surface area contributed by atoms with Gasteiger partial charge in [-0.2, -0.15) is 9.50 Å². The monoisotopic (exact) mass is 479 g/mol. The Hall–Kier alpha value is -3.04. The number of rotatable bonds is 7. The third-order valence-electron chi connectivity index (χ3n) is 7.36. The molecule has 2 aliphatic rings. The van der Waals surface area contributed by atoms with Crippen LogP contribution in [0.25, 0.3) is 17.2 Å². The molecule has 0 radical (unpaired) electrons. The van der Waals surface area contributed by atoms with Crippen molar-refractivity contribution in [2.75, 3.05) is 6.54 Å². The first-order valence-electron chi connectivity index (χ1n) is 12.7. The summed E-state index contributed by atoms with van der Waals surface area (Å²) < 4.78 is 7.55. The summed E-state index contributed by atoms with van der Waals surface area (Å²) >= 11 is 0. The first-order chi connectivity index (χ1) is 17.0. The van der Waals surface area contributed by atoms with Gasteiger partial charge in [0.05, 0.1) is 17.9 Å². The highest BCUT2D eigenvalue weighted by Crippen LogP contribution is 2.33. The van der Waals surface area contributed by atoms with Crippen molar-refractivity contribution in [1.82, 2.24) is 24.9 Å². The number of benzene rings is 1. The number of nitrogens with one attached hydrogen (secondary N) is 2. The molecule has 3 aromatic rings. The molecule has 0 aliphatic heterocycles. The van der Waals surface area contributed by atoms with E-state index in [4.69, 9.17) is 4.74 Å². The summed E-state index contributed by atoms with van der Waals surface area (Å²) in [6.45, 7) is 0.287. The van der Waals surface area contributed by atoms with Crippen LogP contribution in [0.5, 0.6) is 0 Å². The number of H-pyrrole nitrogens is 1. The molecule has 0 spiro atoms. The zero-order valence-corrected chi connectivity index (χ0v) is 20.0. The zero-order chi connectivity index (χ0) is 24.3. The number of amides is 1. The van der Waals surface area contributed by atoms with E-state index < -0.39 is 11.2 Å². The van der Waals surface area contributed by atoms with Crippen molar-refractivity contribution in [3.05, 3.63) is 52.4 Å². The second-order valence-electron chi connectivity index (χ2n) is 9.97. The van der Waals surface area contributed by atoms with Crippen LogP contribution < -0.4 is 10.9 Å². The van der Waals surface area contributed by atoms with Crippen molar-refractivity contribution in [2.45, 2.75) is 82.0 Å². The van der Waals surface area contributed by atoms with Gasteiger partial charge in [0.25, 0.3) is 17.2 Å². The average Bonchev–Trinajstić information content (AvgIpc) is 3.33. The van der Waals surface area contributed by atoms with E-state index in [9.17, 15) is 14.7 Å². The number of aliphatic hydroxyl groups is 1. The van der Waals surface area contributed by atoms with Gasteiger partial charge in [-0.05, 0) is 25.7 Å². The number of carbonyl (C=O) groups excluding carboxylic acids is 1. The van der Waals surface area contributed by atoms with E-state index >= 15 is 0 Å². The lowest BCUT2D eigenvalue weighted by Gasteiger charge is -2.38. The summed E-state index contributed by atoms with van der Waals surface area (Å²) in [6, 6.07) is 10.9. The van der Waals surface area contributed by atoms with Crippen LogP contribution in [-0.2, 0) is 16.1 Å². The summed E-state index contributed by atoms with van der Waals surface area (Å²) in [7, 11) is 0. The van der Waals surface area contributed by atoms with E-state index in [0.29, 0.717) is 37.2 Å². The molecule has 0 unspecified atom stereocenters. The molecule has 9 nitrogen and oxygen atoms in total. The topological polar surface area (TPSA) is 122 Å².